The average molecular weight is 318 g/mol. The molecule has 1 aromatic carbocycles. The van der Waals surface area contributed by atoms with Crippen LogP contribution in [0.15, 0.2) is 28.1 Å². The molecule has 1 aromatic rings. The Balaban J connectivity index is 1.93. The average Bonchev–Trinajstić information content (AvgIpc) is 2.73. The van der Waals surface area contributed by atoms with E-state index in [0.29, 0.717) is 5.84 Å². The van der Waals surface area contributed by atoms with Crippen molar-refractivity contribution in [2.75, 3.05) is 0 Å². The fraction of sp³-hybridized carbons (Fsp3) is 0.556. The lowest BCUT2D eigenvalue weighted by atomic mass is 10.0. The molecule has 1 aliphatic rings. The molecule has 0 amide bonds. The molecular weight excluding hydrogens is 290 g/mol. The number of thioether (sulfide) groups is 1. The van der Waals surface area contributed by atoms with Crippen molar-refractivity contribution >= 4 is 23.4 Å². The third-order valence-electron chi connectivity index (χ3n) is 4.03. The molecule has 1 aliphatic heterocycles. The molecule has 0 aliphatic carbocycles. The van der Waals surface area contributed by atoms with Gasteiger partial charge in [0.25, 0.3) is 0 Å². The predicted molar refractivity (Wildman–Crippen MR) is 97.3 cm³/mol. The molecule has 3 nitrogen and oxygen atoms in total. The first-order chi connectivity index (χ1) is 10.4. The van der Waals surface area contributed by atoms with Crippen LogP contribution in [0.4, 0.5) is 0 Å². The zero-order valence-corrected chi connectivity index (χ0v) is 14.7. The van der Waals surface area contributed by atoms with Gasteiger partial charge in [-0.05, 0) is 24.6 Å². The fourth-order valence-electron chi connectivity index (χ4n) is 2.77. The van der Waals surface area contributed by atoms with Gasteiger partial charge in [0.1, 0.15) is 5.84 Å². The van der Waals surface area contributed by atoms with E-state index in [1.54, 1.807) is 0 Å². The van der Waals surface area contributed by atoms with E-state index in [-0.39, 0.29) is 10.6 Å². The Morgan fingerprint density at radius 1 is 1.14 bits per heavy atom. The smallest absolute Gasteiger partial charge is 0.154 e. The summed E-state index contributed by atoms with van der Waals surface area (Å²) in [6.45, 7) is 6.86. The maximum atomic E-state index is 7.89. The topological polar surface area (TPSA) is 62.2 Å². The highest BCUT2D eigenvalue weighted by Gasteiger charge is 2.22. The van der Waals surface area contributed by atoms with Crippen molar-refractivity contribution in [2.24, 2.45) is 10.7 Å². The van der Waals surface area contributed by atoms with Gasteiger partial charge in [0.15, 0.2) is 5.84 Å². The molecular formula is C18H27N3S. The number of fused-ring (bicyclic) bond motifs is 1. The van der Waals surface area contributed by atoms with E-state index in [1.165, 1.54) is 43.4 Å². The number of unbranched alkanes of at least 4 members (excludes halogenated alkanes) is 4. The van der Waals surface area contributed by atoms with Gasteiger partial charge in [-0.2, -0.15) is 0 Å². The van der Waals surface area contributed by atoms with Gasteiger partial charge in [-0.1, -0.05) is 52.9 Å². The molecule has 120 valence electrons. The summed E-state index contributed by atoms with van der Waals surface area (Å²) in [7, 11) is 0. The molecule has 1 heterocycles. The van der Waals surface area contributed by atoms with Crippen LogP contribution in [0.25, 0.3) is 0 Å². The van der Waals surface area contributed by atoms with Gasteiger partial charge in [-0.3, -0.25) is 5.41 Å². The molecule has 2 rings (SSSR count). The van der Waals surface area contributed by atoms with E-state index in [9.17, 15) is 0 Å². The zero-order valence-electron chi connectivity index (χ0n) is 13.9. The van der Waals surface area contributed by atoms with Crippen LogP contribution in [0.1, 0.15) is 70.4 Å². The molecule has 0 radical (unpaired) electrons. The number of nitrogens with one attached hydrogen (secondary N) is 1. The number of rotatable bonds is 8. The van der Waals surface area contributed by atoms with Crippen LogP contribution < -0.4 is 5.73 Å². The predicted octanol–water partition coefficient (Wildman–Crippen LogP) is 4.96. The third kappa shape index (κ3) is 4.35. The third-order valence-corrected chi connectivity index (χ3v) is 5.28. The zero-order chi connectivity index (χ0) is 16.2. The second kappa shape index (κ2) is 7.32. The number of benzene rings is 1. The number of hydrogen-bond donors (Lipinski definition) is 2. The summed E-state index contributed by atoms with van der Waals surface area (Å²) in [5.41, 5.74) is 7.58. The van der Waals surface area contributed by atoms with Gasteiger partial charge in [0, 0.05) is 20.8 Å². The summed E-state index contributed by atoms with van der Waals surface area (Å²) >= 11 is 1.89. The lowest BCUT2D eigenvalue weighted by molar-refractivity contribution is 0.549. The molecule has 0 saturated carbocycles. The van der Waals surface area contributed by atoms with E-state index >= 15 is 0 Å². The number of amidine groups is 2. The summed E-state index contributed by atoms with van der Waals surface area (Å²) in [5, 5.41) is 7.89. The van der Waals surface area contributed by atoms with Crippen molar-refractivity contribution in [3.05, 3.63) is 29.3 Å². The second-order valence-corrected chi connectivity index (χ2v) is 8.36. The van der Waals surface area contributed by atoms with Gasteiger partial charge in [0.2, 0.25) is 0 Å². The SMILES string of the molecule is CCCCCCCC(C)(C)Sc1ccc2c(c1)C(=N)N=C2N. The Bertz CT molecular complexity index is 576. The van der Waals surface area contributed by atoms with Crippen LogP contribution in [-0.2, 0) is 0 Å². The van der Waals surface area contributed by atoms with Gasteiger partial charge in [0.05, 0.1) is 0 Å². The second-order valence-electron chi connectivity index (χ2n) is 6.58. The number of nitrogens with zero attached hydrogens (tertiary/aromatic N) is 1. The minimum Gasteiger partial charge on any atom is -0.383 e. The van der Waals surface area contributed by atoms with Crippen LogP contribution in [0.2, 0.25) is 0 Å². The first-order valence-electron chi connectivity index (χ1n) is 8.19. The normalized spacial score (nSPS) is 14.1. The number of aliphatic imine (C=N–C) groups is 1. The Hall–Kier alpha value is -1.29. The first-order valence-corrected chi connectivity index (χ1v) is 9.01. The molecule has 0 unspecified atom stereocenters. The van der Waals surface area contributed by atoms with Crippen molar-refractivity contribution in [2.45, 2.75) is 68.9 Å². The minimum absolute atomic E-state index is 0.216. The van der Waals surface area contributed by atoms with Crippen molar-refractivity contribution in [3.63, 3.8) is 0 Å². The van der Waals surface area contributed by atoms with E-state index in [2.05, 4.69) is 37.9 Å². The summed E-state index contributed by atoms with van der Waals surface area (Å²) in [6.07, 6.45) is 7.83. The quantitative estimate of drug-likeness (QED) is 0.525. The molecule has 4 heteroatoms. The van der Waals surface area contributed by atoms with E-state index in [0.717, 1.165) is 11.1 Å². The summed E-state index contributed by atoms with van der Waals surface area (Å²) in [6, 6.07) is 6.16. The largest absolute Gasteiger partial charge is 0.383 e. The van der Waals surface area contributed by atoms with Crippen LogP contribution in [-0.4, -0.2) is 16.4 Å². The first kappa shape index (κ1) is 17.1. The highest BCUT2D eigenvalue weighted by atomic mass is 32.2. The lowest BCUT2D eigenvalue weighted by Gasteiger charge is -2.24. The molecule has 0 aromatic heterocycles. The van der Waals surface area contributed by atoms with Gasteiger partial charge >= 0.3 is 0 Å². The Labute approximate surface area is 138 Å². The summed E-state index contributed by atoms with van der Waals surface area (Å²) in [5.74, 6) is 0.749. The van der Waals surface area contributed by atoms with Crippen LogP contribution in [0, 0.1) is 5.41 Å². The highest BCUT2D eigenvalue weighted by molar-refractivity contribution is 8.00. The van der Waals surface area contributed by atoms with Gasteiger partial charge in [-0.25, -0.2) is 4.99 Å². The van der Waals surface area contributed by atoms with Crippen LogP contribution in [0.3, 0.4) is 0 Å². The van der Waals surface area contributed by atoms with Crippen molar-refractivity contribution < 1.29 is 0 Å². The monoisotopic (exact) mass is 317 g/mol. The molecule has 0 saturated heterocycles. The molecule has 0 atom stereocenters. The van der Waals surface area contributed by atoms with Crippen molar-refractivity contribution in [1.29, 1.82) is 5.41 Å². The Kier molecular flexibility index (Phi) is 5.68. The number of hydrogen-bond acceptors (Lipinski definition) is 3. The van der Waals surface area contributed by atoms with E-state index < -0.39 is 0 Å². The Morgan fingerprint density at radius 2 is 1.86 bits per heavy atom. The maximum Gasteiger partial charge on any atom is 0.154 e. The molecule has 22 heavy (non-hydrogen) atoms. The standard InChI is InChI=1S/C18H27N3S/c1-4-5-6-7-8-11-18(2,3)22-13-9-10-14-15(12-13)17(20)21-16(14)19/h9-10,12H,4-8,11H2,1-3H3,(H3,19,20,21). The molecule has 0 fully saturated rings. The molecule has 3 N–H and O–H groups in total. The fourth-order valence-corrected chi connectivity index (χ4v) is 3.97. The van der Waals surface area contributed by atoms with Gasteiger partial charge in [-0.15, -0.1) is 11.8 Å². The van der Waals surface area contributed by atoms with E-state index in [1.807, 2.05) is 17.8 Å². The van der Waals surface area contributed by atoms with Crippen molar-refractivity contribution in [3.8, 4) is 0 Å². The minimum atomic E-state index is 0.216. The van der Waals surface area contributed by atoms with Crippen LogP contribution >= 0.6 is 11.8 Å². The van der Waals surface area contributed by atoms with Crippen LogP contribution in [0.5, 0.6) is 0 Å². The molecule has 0 spiro atoms. The van der Waals surface area contributed by atoms with Gasteiger partial charge < -0.3 is 5.73 Å². The van der Waals surface area contributed by atoms with E-state index in [4.69, 9.17) is 11.1 Å². The Morgan fingerprint density at radius 3 is 2.59 bits per heavy atom. The molecule has 0 bridgehead atoms. The summed E-state index contributed by atoms with van der Waals surface area (Å²) in [4.78, 5) is 5.24. The number of nitrogens with two attached hydrogens (primary N) is 1. The maximum absolute atomic E-state index is 7.89. The summed E-state index contributed by atoms with van der Waals surface area (Å²) < 4.78 is 0.216. The lowest BCUT2D eigenvalue weighted by Crippen LogP contribution is -2.14. The van der Waals surface area contributed by atoms with Crippen molar-refractivity contribution in [1.82, 2.24) is 0 Å². The highest BCUT2D eigenvalue weighted by Crippen LogP contribution is 2.37.